The summed E-state index contributed by atoms with van der Waals surface area (Å²) < 4.78 is 24.8. The lowest BCUT2D eigenvalue weighted by molar-refractivity contribution is 0.0149. The van der Waals surface area contributed by atoms with Crippen LogP contribution in [0, 0.1) is 0 Å². The van der Waals surface area contributed by atoms with E-state index in [0.717, 1.165) is 63.6 Å². The summed E-state index contributed by atoms with van der Waals surface area (Å²) in [6, 6.07) is 3.19. The van der Waals surface area contributed by atoms with Gasteiger partial charge < -0.3 is 61.9 Å². The largest absolute Gasteiger partial charge is 0.393 e. The standard InChI is InChI=1S/C7H15NO.C7H15N.C6H12FNO.2C6H13NO.C6H13N.C5H10FNO/c1-8-6-3-2-4-7(9)5-6;1-8-7-5-3-2-4-6-7;1-8-3-2-6(9)5(7)4-8;1-7-5-2-3-6(8)4-5;1-7-5-3-2-4-6(5)8;1-7-6-4-2-3-5-6;1-7-2-4(6)5(8)3-7/h6-9H,2-5H2,1H3;7-8H,2-6H2,1H3;5-6,9H,2-4H2,1H3;2*5-8H,2-4H2,1H3;6-7H,2-5H2,1H3;4-5,8H,2-3H2,1H3. The Balaban J connectivity index is 0.000000333. The Morgan fingerprint density at radius 2 is 0.860 bits per heavy atom. The molecule has 0 amide bonds. The maximum atomic E-state index is 12.5. The quantitative estimate of drug-likeness (QED) is 0.197. The third-order valence-electron chi connectivity index (χ3n) is 12.6. The van der Waals surface area contributed by atoms with Crippen molar-refractivity contribution in [2.75, 3.05) is 75.5 Å². The Bertz CT molecular complexity index is 908. The molecule has 5 aliphatic carbocycles. The van der Waals surface area contributed by atoms with Crippen molar-refractivity contribution in [3.05, 3.63) is 0 Å². The maximum Gasteiger partial charge on any atom is 0.140 e. The molecule has 2 aliphatic heterocycles. The van der Waals surface area contributed by atoms with Crippen LogP contribution in [-0.4, -0.2) is 184 Å². The second-order valence-electron chi connectivity index (χ2n) is 17.5. The normalized spacial score (nSPS) is 34.6. The molecule has 10 atom stereocenters. The van der Waals surface area contributed by atoms with Gasteiger partial charge in [0.05, 0.1) is 30.5 Å². The molecule has 14 heteroatoms. The molecule has 0 aromatic carbocycles. The summed E-state index contributed by atoms with van der Waals surface area (Å²) in [5.74, 6) is 0. The summed E-state index contributed by atoms with van der Waals surface area (Å²) in [5.41, 5.74) is 0. The molecule has 0 spiro atoms. The monoisotopic (exact) mass is 824 g/mol. The van der Waals surface area contributed by atoms with Gasteiger partial charge in [-0.2, -0.15) is 0 Å². The Kier molecular flexibility index (Phi) is 31.6. The molecule has 0 aromatic rings. The van der Waals surface area contributed by atoms with E-state index in [-0.39, 0.29) is 18.3 Å². The highest BCUT2D eigenvalue weighted by molar-refractivity contribution is 4.82. The minimum absolute atomic E-state index is 0.0348. The molecule has 10 N–H and O–H groups in total. The van der Waals surface area contributed by atoms with Crippen LogP contribution in [0.5, 0.6) is 0 Å². The van der Waals surface area contributed by atoms with Crippen molar-refractivity contribution < 1.29 is 34.3 Å². The zero-order chi connectivity index (χ0) is 42.6. The number of nitrogens with one attached hydrogen (secondary N) is 5. The average Bonchev–Trinajstić information content (AvgIpc) is 4.04. The number of β-amino-alcohol motifs (C(OH)–C–C–N with tert-alkyl or cyclic N) is 1. The second-order valence-corrected chi connectivity index (χ2v) is 17.5. The first kappa shape index (κ1) is 54.4. The number of nitrogens with zero attached hydrogens (tertiary/aromatic N) is 2. The van der Waals surface area contributed by atoms with E-state index in [1.54, 1.807) is 11.9 Å². The molecule has 7 rings (SSSR count). The van der Waals surface area contributed by atoms with Crippen molar-refractivity contribution in [1.29, 1.82) is 0 Å². The van der Waals surface area contributed by atoms with Crippen LogP contribution in [0.25, 0.3) is 0 Å². The maximum absolute atomic E-state index is 12.5. The Labute approximate surface area is 347 Å². The number of aliphatic hydroxyl groups is 5. The Hall–Kier alpha value is -0.620. The van der Waals surface area contributed by atoms with Crippen molar-refractivity contribution in [2.45, 2.75) is 201 Å². The molecule has 57 heavy (non-hydrogen) atoms. The number of alkyl halides is 2. The molecule has 10 unspecified atom stereocenters. The number of rotatable bonds is 5. The summed E-state index contributed by atoms with van der Waals surface area (Å²) >= 11 is 0. The minimum Gasteiger partial charge on any atom is -0.393 e. The highest BCUT2D eigenvalue weighted by Gasteiger charge is 2.28. The van der Waals surface area contributed by atoms with E-state index in [1.165, 1.54) is 77.0 Å². The average molecular weight is 824 g/mol. The number of piperidine rings is 1. The molecular formula is C43H91F2N7O5. The van der Waals surface area contributed by atoms with Crippen LogP contribution in [0.3, 0.4) is 0 Å². The zero-order valence-corrected chi connectivity index (χ0v) is 37.3. The van der Waals surface area contributed by atoms with Gasteiger partial charge >= 0.3 is 0 Å². The van der Waals surface area contributed by atoms with E-state index < -0.39 is 24.6 Å². The molecule has 7 fully saturated rings. The van der Waals surface area contributed by atoms with Crippen molar-refractivity contribution in [1.82, 2.24) is 36.4 Å². The summed E-state index contributed by atoms with van der Waals surface area (Å²) in [6.45, 7) is 2.03. The number of likely N-dealkylation sites (tertiary alicyclic amines) is 2. The second kappa shape index (κ2) is 33.1. The summed E-state index contributed by atoms with van der Waals surface area (Å²) in [7, 11) is 13.6. The van der Waals surface area contributed by atoms with Gasteiger partial charge in [0.25, 0.3) is 0 Å². The summed E-state index contributed by atoms with van der Waals surface area (Å²) in [4.78, 5) is 3.66. The van der Waals surface area contributed by atoms with Gasteiger partial charge in [-0.15, -0.1) is 0 Å². The minimum atomic E-state index is -1.04. The van der Waals surface area contributed by atoms with Gasteiger partial charge in [0.1, 0.15) is 12.3 Å². The Morgan fingerprint density at radius 3 is 1.16 bits per heavy atom. The zero-order valence-electron chi connectivity index (χ0n) is 37.3. The number of halogens is 2. The molecule has 342 valence electrons. The molecular weight excluding hydrogens is 733 g/mol. The SMILES string of the molecule is CN1CC(O)C(F)C1.CN1CCC(O)C(F)C1.CNC1CCC(O)C1.CNC1CCCC(O)C1.CNC1CCCC1.CNC1CCCC1O.CNC1CCCCC1. The number of aliphatic hydroxyl groups excluding tert-OH is 5. The Morgan fingerprint density at radius 1 is 0.404 bits per heavy atom. The molecule has 0 aromatic heterocycles. The number of hydrogen-bond donors (Lipinski definition) is 10. The van der Waals surface area contributed by atoms with Crippen LogP contribution >= 0.6 is 0 Å². The van der Waals surface area contributed by atoms with Crippen molar-refractivity contribution in [3.63, 3.8) is 0 Å². The number of hydrogen-bond acceptors (Lipinski definition) is 12. The highest BCUT2D eigenvalue weighted by atomic mass is 19.1. The highest BCUT2D eigenvalue weighted by Crippen LogP contribution is 2.20. The van der Waals surface area contributed by atoms with E-state index in [0.29, 0.717) is 44.2 Å². The lowest BCUT2D eigenvalue weighted by Gasteiger charge is -2.28. The van der Waals surface area contributed by atoms with Gasteiger partial charge in [-0.25, -0.2) is 8.78 Å². The van der Waals surface area contributed by atoms with Crippen LogP contribution in [-0.2, 0) is 0 Å². The fraction of sp³-hybridized carbons (Fsp3) is 1.00. The van der Waals surface area contributed by atoms with E-state index in [9.17, 15) is 13.9 Å². The van der Waals surface area contributed by atoms with Crippen LogP contribution < -0.4 is 26.6 Å². The fourth-order valence-electron chi connectivity index (χ4n) is 8.50. The molecule has 0 radical (unpaired) electrons. The van der Waals surface area contributed by atoms with Gasteiger partial charge in [0.15, 0.2) is 0 Å². The van der Waals surface area contributed by atoms with Gasteiger partial charge in [-0.1, -0.05) is 32.1 Å². The van der Waals surface area contributed by atoms with E-state index >= 15 is 0 Å². The van der Waals surface area contributed by atoms with Crippen molar-refractivity contribution in [3.8, 4) is 0 Å². The molecule has 5 saturated carbocycles. The van der Waals surface area contributed by atoms with Crippen molar-refractivity contribution in [2.24, 2.45) is 0 Å². The predicted octanol–water partition coefficient (Wildman–Crippen LogP) is 3.09. The van der Waals surface area contributed by atoms with Crippen LogP contribution in [0.2, 0.25) is 0 Å². The van der Waals surface area contributed by atoms with Gasteiger partial charge in [-0.05, 0) is 146 Å². The van der Waals surface area contributed by atoms with E-state index in [2.05, 4.69) is 40.7 Å². The van der Waals surface area contributed by atoms with Crippen LogP contribution in [0.1, 0.15) is 128 Å². The lowest BCUT2D eigenvalue weighted by atomic mass is 9.93. The summed E-state index contributed by atoms with van der Waals surface area (Å²) in [5, 5.41) is 60.9. The van der Waals surface area contributed by atoms with Gasteiger partial charge in [0, 0.05) is 56.4 Å². The van der Waals surface area contributed by atoms with E-state index in [1.807, 2.05) is 33.1 Å². The molecule has 12 nitrogen and oxygen atoms in total. The predicted molar refractivity (Wildman–Crippen MR) is 231 cm³/mol. The summed E-state index contributed by atoms with van der Waals surface area (Å²) in [6.07, 6.45) is 20.3. The van der Waals surface area contributed by atoms with E-state index in [4.69, 9.17) is 20.4 Å². The smallest absolute Gasteiger partial charge is 0.140 e. The van der Waals surface area contributed by atoms with Crippen LogP contribution in [0.15, 0.2) is 0 Å². The third-order valence-corrected chi connectivity index (χ3v) is 12.6. The lowest BCUT2D eigenvalue weighted by Crippen LogP contribution is -2.42. The first-order valence-corrected chi connectivity index (χ1v) is 22.7. The van der Waals surface area contributed by atoms with Crippen molar-refractivity contribution >= 4 is 0 Å². The van der Waals surface area contributed by atoms with Gasteiger partial charge in [0.2, 0.25) is 0 Å². The molecule has 0 bridgehead atoms. The van der Waals surface area contributed by atoms with Crippen LogP contribution in [0.4, 0.5) is 8.78 Å². The van der Waals surface area contributed by atoms with Gasteiger partial charge in [-0.3, -0.25) is 0 Å². The topological polar surface area (TPSA) is 168 Å². The first-order valence-electron chi connectivity index (χ1n) is 22.7. The third kappa shape index (κ3) is 25.7. The number of likely N-dealkylation sites (N-methyl/N-ethyl adjacent to an activating group) is 2. The fourth-order valence-corrected chi connectivity index (χ4v) is 8.50. The first-order chi connectivity index (χ1) is 27.3. The molecule has 7 aliphatic rings. The molecule has 2 saturated heterocycles. The molecule has 2 heterocycles.